The van der Waals surface area contributed by atoms with Gasteiger partial charge in [-0.2, -0.15) is 0 Å². The van der Waals surface area contributed by atoms with Gasteiger partial charge in [-0.3, -0.25) is 23.5 Å². The predicted molar refractivity (Wildman–Crippen MR) is 119 cm³/mol. The fourth-order valence-electron chi connectivity index (χ4n) is 3.36. The maximum absolute atomic E-state index is 12.6. The van der Waals surface area contributed by atoms with Crippen molar-refractivity contribution in [1.82, 2.24) is 14.0 Å². The molecule has 0 spiro atoms. The zero-order valence-electron chi connectivity index (χ0n) is 17.8. The van der Waals surface area contributed by atoms with Gasteiger partial charge in [0.1, 0.15) is 11.4 Å². The van der Waals surface area contributed by atoms with E-state index in [9.17, 15) is 24.0 Å². The average Bonchev–Trinajstić information content (AvgIpc) is 3.34. The number of carbonyl (C=O) groups is 3. The molecule has 11 heteroatoms. The van der Waals surface area contributed by atoms with Crippen molar-refractivity contribution in [2.75, 3.05) is 31.2 Å². The number of hydrogen-bond acceptors (Lipinski definition) is 8. The van der Waals surface area contributed by atoms with Crippen LogP contribution in [0.1, 0.15) is 33.6 Å². The highest BCUT2D eigenvalue weighted by molar-refractivity contribution is 8.00. The Labute approximate surface area is 188 Å². The van der Waals surface area contributed by atoms with E-state index in [4.69, 9.17) is 10.5 Å². The SMILES string of the molecule is Cn1c(N)c(C(=O)COC(=O)c2ccccc2SCC(=O)N2CCCC2)c(=O)n(C)c1=O. The topological polar surface area (TPSA) is 134 Å². The molecule has 170 valence electrons. The third-order valence-corrected chi connectivity index (χ3v) is 6.30. The Hall–Kier alpha value is -3.34. The highest BCUT2D eigenvalue weighted by Crippen LogP contribution is 2.24. The quantitative estimate of drug-likeness (QED) is 0.357. The zero-order valence-corrected chi connectivity index (χ0v) is 18.6. The first-order chi connectivity index (χ1) is 15.2. The maximum Gasteiger partial charge on any atom is 0.339 e. The number of carbonyl (C=O) groups excluding carboxylic acids is 3. The molecule has 10 nitrogen and oxygen atoms in total. The van der Waals surface area contributed by atoms with Crippen LogP contribution in [0.5, 0.6) is 0 Å². The number of esters is 1. The first-order valence-electron chi connectivity index (χ1n) is 9.97. The second kappa shape index (κ2) is 9.86. The molecule has 2 heterocycles. The number of ketones is 1. The van der Waals surface area contributed by atoms with E-state index in [1.54, 1.807) is 23.1 Å². The Balaban J connectivity index is 1.69. The molecule has 1 saturated heterocycles. The second-order valence-electron chi connectivity index (χ2n) is 7.34. The molecule has 1 aliphatic heterocycles. The summed E-state index contributed by atoms with van der Waals surface area (Å²) in [5, 5.41) is 0. The van der Waals surface area contributed by atoms with E-state index in [0.29, 0.717) is 4.90 Å². The number of hydrogen-bond donors (Lipinski definition) is 1. The Morgan fingerprint density at radius 1 is 1.06 bits per heavy atom. The van der Waals surface area contributed by atoms with Crippen molar-refractivity contribution in [3.8, 4) is 0 Å². The molecule has 0 aliphatic carbocycles. The van der Waals surface area contributed by atoms with Gasteiger partial charge < -0.3 is 15.4 Å². The molecule has 0 atom stereocenters. The number of nitrogens with zero attached hydrogens (tertiary/aromatic N) is 3. The Morgan fingerprint density at radius 3 is 2.41 bits per heavy atom. The lowest BCUT2D eigenvalue weighted by molar-refractivity contribution is -0.127. The number of rotatable bonds is 7. The Kier molecular flexibility index (Phi) is 7.18. The minimum Gasteiger partial charge on any atom is -0.454 e. The van der Waals surface area contributed by atoms with E-state index in [0.717, 1.165) is 35.1 Å². The first-order valence-corrected chi connectivity index (χ1v) is 11.0. The molecular formula is C21H24N4O6S. The van der Waals surface area contributed by atoms with Gasteiger partial charge in [-0.1, -0.05) is 12.1 Å². The molecule has 1 fully saturated rings. The van der Waals surface area contributed by atoms with Gasteiger partial charge in [-0.15, -0.1) is 11.8 Å². The average molecular weight is 461 g/mol. The number of ether oxygens (including phenoxy) is 1. The van der Waals surface area contributed by atoms with Crippen LogP contribution in [0.25, 0.3) is 0 Å². The van der Waals surface area contributed by atoms with Crippen LogP contribution in [0.3, 0.4) is 0 Å². The minimum absolute atomic E-state index is 0.00635. The van der Waals surface area contributed by atoms with Crippen LogP contribution in [-0.4, -0.2) is 57.1 Å². The normalized spacial score (nSPS) is 13.2. The van der Waals surface area contributed by atoms with Crippen LogP contribution in [0.4, 0.5) is 5.82 Å². The van der Waals surface area contributed by atoms with Crippen LogP contribution in [0.2, 0.25) is 0 Å². The van der Waals surface area contributed by atoms with Gasteiger partial charge in [-0.25, -0.2) is 9.59 Å². The number of aromatic nitrogens is 2. The monoisotopic (exact) mass is 460 g/mol. The van der Waals surface area contributed by atoms with Crippen molar-refractivity contribution in [3.05, 3.63) is 56.2 Å². The number of Topliss-reactive ketones (excluding diaryl/α,β-unsaturated/α-hetero) is 1. The fourth-order valence-corrected chi connectivity index (χ4v) is 4.30. The highest BCUT2D eigenvalue weighted by atomic mass is 32.2. The van der Waals surface area contributed by atoms with E-state index >= 15 is 0 Å². The van der Waals surface area contributed by atoms with E-state index in [1.807, 2.05) is 0 Å². The summed E-state index contributed by atoms with van der Waals surface area (Å²) in [6.45, 7) is 0.778. The van der Waals surface area contributed by atoms with E-state index in [1.165, 1.54) is 31.9 Å². The van der Waals surface area contributed by atoms with Crippen LogP contribution in [0.15, 0.2) is 38.8 Å². The third kappa shape index (κ3) is 4.77. The molecular weight excluding hydrogens is 436 g/mol. The molecule has 2 aromatic rings. The molecule has 1 amide bonds. The molecule has 0 radical (unpaired) electrons. The molecule has 0 bridgehead atoms. The lowest BCUT2D eigenvalue weighted by Gasteiger charge is -2.15. The largest absolute Gasteiger partial charge is 0.454 e. The smallest absolute Gasteiger partial charge is 0.339 e. The zero-order chi connectivity index (χ0) is 23.4. The number of likely N-dealkylation sites (tertiary alicyclic amines) is 1. The van der Waals surface area contributed by atoms with Gasteiger partial charge in [0.15, 0.2) is 6.61 Å². The number of anilines is 1. The Bertz CT molecular complexity index is 1180. The standard InChI is InChI=1S/C21H24N4O6S/c1-23-18(22)17(19(28)24(2)21(23)30)14(26)11-31-20(29)13-7-3-4-8-15(13)32-12-16(27)25-9-5-6-10-25/h3-4,7-8H,5-6,9-12,22H2,1-2H3. The summed E-state index contributed by atoms with van der Waals surface area (Å²) in [7, 11) is 2.56. The summed E-state index contributed by atoms with van der Waals surface area (Å²) in [4.78, 5) is 64.0. The summed E-state index contributed by atoms with van der Waals surface area (Å²) in [6, 6.07) is 6.61. The molecule has 32 heavy (non-hydrogen) atoms. The maximum atomic E-state index is 12.6. The molecule has 3 rings (SSSR count). The van der Waals surface area contributed by atoms with Crippen molar-refractivity contribution in [3.63, 3.8) is 0 Å². The number of benzene rings is 1. The minimum atomic E-state index is -0.858. The van der Waals surface area contributed by atoms with Gasteiger partial charge in [0.25, 0.3) is 5.56 Å². The number of thioether (sulfide) groups is 1. The Morgan fingerprint density at radius 2 is 1.72 bits per heavy atom. The van der Waals surface area contributed by atoms with Gasteiger partial charge in [0, 0.05) is 32.1 Å². The van der Waals surface area contributed by atoms with E-state index in [-0.39, 0.29) is 23.0 Å². The molecule has 0 unspecified atom stereocenters. The molecule has 1 aliphatic rings. The predicted octanol–water partition coefficient (Wildman–Crippen LogP) is 0.420. The van der Waals surface area contributed by atoms with Crippen molar-refractivity contribution >= 4 is 35.2 Å². The number of nitrogen functional groups attached to an aromatic ring is 1. The highest BCUT2D eigenvalue weighted by Gasteiger charge is 2.23. The fraction of sp³-hybridized carbons (Fsp3) is 0.381. The molecule has 1 aromatic carbocycles. The van der Waals surface area contributed by atoms with E-state index in [2.05, 4.69) is 0 Å². The summed E-state index contributed by atoms with van der Waals surface area (Å²) in [5.41, 5.74) is 4.03. The van der Waals surface area contributed by atoms with Crippen molar-refractivity contribution in [2.24, 2.45) is 14.1 Å². The van der Waals surface area contributed by atoms with Gasteiger partial charge in [0.05, 0.1) is 11.3 Å². The van der Waals surface area contributed by atoms with Crippen molar-refractivity contribution < 1.29 is 19.1 Å². The van der Waals surface area contributed by atoms with Crippen LogP contribution in [0, 0.1) is 0 Å². The second-order valence-corrected chi connectivity index (χ2v) is 8.36. The van der Waals surface area contributed by atoms with Gasteiger partial charge in [-0.05, 0) is 25.0 Å². The lowest BCUT2D eigenvalue weighted by atomic mass is 10.2. The lowest BCUT2D eigenvalue weighted by Crippen LogP contribution is -2.42. The molecule has 0 saturated carbocycles. The summed E-state index contributed by atoms with van der Waals surface area (Å²) in [6.07, 6.45) is 1.99. The summed E-state index contributed by atoms with van der Waals surface area (Å²) in [5.74, 6) is -1.69. The van der Waals surface area contributed by atoms with Crippen LogP contribution in [-0.2, 0) is 23.6 Å². The van der Waals surface area contributed by atoms with Crippen molar-refractivity contribution in [2.45, 2.75) is 17.7 Å². The van der Waals surface area contributed by atoms with Crippen LogP contribution < -0.4 is 17.0 Å². The third-order valence-electron chi connectivity index (χ3n) is 5.24. The number of nitrogens with two attached hydrogens (primary N) is 1. The summed E-state index contributed by atoms with van der Waals surface area (Å²) >= 11 is 1.22. The van der Waals surface area contributed by atoms with Crippen molar-refractivity contribution in [1.29, 1.82) is 0 Å². The molecule has 1 aromatic heterocycles. The number of amides is 1. The van der Waals surface area contributed by atoms with Crippen LogP contribution >= 0.6 is 11.8 Å². The first kappa shape index (κ1) is 23.3. The van der Waals surface area contributed by atoms with E-state index < -0.39 is 35.2 Å². The van der Waals surface area contributed by atoms with Gasteiger partial charge in [0.2, 0.25) is 11.7 Å². The summed E-state index contributed by atoms with van der Waals surface area (Å²) < 4.78 is 6.85. The van der Waals surface area contributed by atoms with Gasteiger partial charge >= 0.3 is 11.7 Å². The molecule has 2 N–H and O–H groups in total.